The van der Waals surface area contributed by atoms with Crippen LogP contribution in [0.2, 0.25) is 0 Å². The van der Waals surface area contributed by atoms with Gasteiger partial charge in [-0.25, -0.2) is 4.98 Å². The largest absolute Gasteiger partial charge is 0.319 e. The third kappa shape index (κ3) is 2.49. The zero-order valence-corrected chi connectivity index (χ0v) is 10.5. The van der Waals surface area contributed by atoms with Crippen LogP contribution < -0.4 is 5.32 Å². The Morgan fingerprint density at radius 2 is 2.00 bits per heavy atom. The average Bonchev–Trinajstić information content (AvgIpc) is 2.69. The molecule has 0 bridgehead atoms. The molecule has 0 saturated heterocycles. The van der Waals surface area contributed by atoms with Crippen LogP contribution in [0.25, 0.3) is 10.6 Å². The smallest absolute Gasteiger partial charge is 0.123 e. The monoisotopic (exact) mass is 232 g/mol. The predicted molar refractivity (Wildman–Crippen MR) is 69.9 cm³/mol. The summed E-state index contributed by atoms with van der Waals surface area (Å²) in [7, 11) is 1.97. The highest BCUT2D eigenvalue weighted by Crippen LogP contribution is 2.27. The number of thiazole rings is 1. The van der Waals surface area contributed by atoms with Crippen molar-refractivity contribution in [2.45, 2.75) is 13.3 Å². The van der Waals surface area contributed by atoms with E-state index >= 15 is 0 Å². The molecular weight excluding hydrogens is 216 g/mol. The van der Waals surface area contributed by atoms with Gasteiger partial charge in [0.25, 0.3) is 0 Å². The molecule has 2 aromatic rings. The number of aryl methyl sites for hydroxylation is 1. The highest BCUT2D eigenvalue weighted by atomic mass is 32.1. The maximum Gasteiger partial charge on any atom is 0.123 e. The van der Waals surface area contributed by atoms with Gasteiger partial charge in [0, 0.05) is 23.4 Å². The topological polar surface area (TPSA) is 24.9 Å². The van der Waals surface area contributed by atoms with Gasteiger partial charge in [-0.05, 0) is 14.0 Å². The van der Waals surface area contributed by atoms with E-state index in [0.717, 1.165) is 18.0 Å². The van der Waals surface area contributed by atoms with Crippen LogP contribution in [-0.4, -0.2) is 18.6 Å². The van der Waals surface area contributed by atoms with Gasteiger partial charge in [-0.15, -0.1) is 11.3 Å². The summed E-state index contributed by atoms with van der Waals surface area (Å²) in [5.74, 6) is 0. The van der Waals surface area contributed by atoms with Gasteiger partial charge in [0.1, 0.15) is 5.01 Å². The Hall–Kier alpha value is -1.19. The van der Waals surface area contributed by atoms with E-state index in [1.54, 1.807) is 11.3 Å². The normalized spacial score (nSPS) is 10.6. The van der Waals surface area contributed by atoms with E-state index in [0.29, 0.717) is 0 Å². The lowest BCUT2D eigenvalue weighted by atomic mass is 10.2. The SMILES string of the molecule is CNCCc1nc(-c2ccccc2)sc1C. The Labute approximate surface area is 100 Å². The summed E-state index contributed by atoms with van der Waals surface area (Å²) in [4.78, 5) is 6.02. The van der Waals surface area contributed by atoms with Gasteiger partial charge >= 0.3 is 0 Å². The zero-order chi connectivity index (χ0) is 11.4. The van der Waals surface area contributed by atoms with Crippen molar-refractivity contribution in [2.75, 3.05) is 13.6 Å². The van der Waals surface area contributed by atoms with Gasteiger partial charge in [-0.3, -0.25) is 0 Å². The van der Waals surface area contributed by atoms with Gasteiger partial charge in [0.15, 0.2) is 0 Å². The van der Waals surface area contributed by atoms with E-state index in [4.69, 9.17) is 4.98 Å². The fourth-order valence-electron chi connectivity index (χ4n) is 1.61. The summed E-state index contributed by atoms with van der Waals surface area (Å²) in [6, 6.07) is 10.4. The van der Waals surface area contributed by atoms with E-state index in [1.807, 2.05) is 13.1 Å². The zero-order valence-electron chi connectivity index (χ0n) is 9.66. The first-order valence-corrected chi connectivity index (χ1v) is 6.29. The third-order valence-corrected chi connectivity index (χ3v) is 3.59. The molecule has 1 heterocycles. The predicted octanol–water partition coefficient (Wildman–Crippen LogP) is 2.88. The third-order valence-electron chi connectivity index (χ3n) is 2.53. The molecule has 0 unspecified atom stereocenters. The summed E-state index contributed by atoms with van der Waals surface area (Å²) >= 11 is 1.78. The number of rotatable bonds is 4. The number of nitrogens with zero attached hydrogens (tertiary/aromatic N) is 1. The van der Waals surface area contributed by atoms with E-state index < -0.39 is 0 Å². The lowest BCUT2D eigenvalue weighted by Gasteiger charge is -1.96. The second kappa shape index (κ2) is 5.23. The van der Waals surface area contributed by atoms with Crippen LogP contribution in [0.3, 0.4) is 0 Å². The molecule has 0 fully saturated rings. The molecule has 0 aliphatic rings. The van der Waals surface area contributed by atoms with Gasteiger partial charge in [0.2, 0.25) is 0 Å². The molecule has 1 aromatic heterocycles. The van der Waals surface area contributed by atoms with Crippen LogP contribution in [0.5, 0.6) is 0 Å². The van der Waals surface area contributed by atoms with Crippen LogP contribution in [0, 0.1) is 6.92 Å². The Bertz CT molecular complexity index is 448. The molecule has 3 heteroatoms. The second-order valence-corrected chi connectivity index (χ2v) is 4.94. The van der Waals surface area contributed by atoms with Crippen molar-refractivity contribution < 1.29 is 0 Å². The van der Waals surface area contributed by atoms with E-state index in [2.05, 4.69) is 36.5 Å². The van der Waals surface area contributed by atoms with Crippen molar-refractivity contribution in [3.8, 4) is 10.6 Å². The first kappa shape index (κ1) is 11.3. The summed E-state index contributed by atoms with van der Waals surface area (Å²) in [6.45, 7) is 3.13. The van der Waals surface area contributed by atoms with Crippen molar-refractivity contribution in [1.82, 2.24) is 10.3 Å². The highest BCUT2D eigenvalue weighted by Gasteiger charge is 2.08. The molecule has 1 N–H and O–H groups in total. The molecule has 0 aliphatic carbocycles. The number of nitrogens with one attached hydrogen (secondary N) is 1. The van der Waals surface area contributed by atoms with Crippen LogP contribution in [0.15, 0.2) is 30.3 Å². The number of likely N-dealkylation sites (N-methyl/N-ethyl adjacent to an activating group) is 1. The Balaban J connectivity index is 2.24. The maximum absolute atomic E-state index is 4.70. The molecule has 0 aliphatic heterocycles. The highest BCUT2D eigenvalue weighted by molar-refractivity contribution is 7.15. The maximum atomic E-state index is 4.70. The van der Waals surface area contributed by atoms with Crippen LogP contribution >= 0.6 is 11.3 Å². The first-order valence-electron chi connectivity index (χ1n) is 5.47. The Morgan fingerprint density at radius 1 is 1.25 bits per heavy atom. The lowest BCUT2D eigenvalue weighted by Crippen LogP contribution is -2.10. The molecule has 0 amide bonds. The van der Waals surface area contributed by atoms with Crippen LogP contribution in [-0.2, 0) is 6.42 Å². The van der Waals surface area contributed by atoms with Crippen LogP contribution in [0.4, 0.5) is 0 Å². The van der Waals surface area contributed by atoms with E-state index in [9.17, 15) is 0 Å². The molecule has 84 valence electrons. The Morgan fingerprint density at radius 3 is 2.69 bits per heavy atom. The van der Waals surface area contributed by atoms with Crippen LogP contribution in [0.1, 0.15) is 10.6 Å². The number of aromatic nitrogens is 1. The molecule has 16 heavy (non-hydrogen) atoms. The minimum atomic E-state index is 0.985. The molecular formula is C13H16N2S. The molecule has 0 radical (unpaired) electrons. The van der Waals surface area contributed by atoms with Gasteiger partial charge < -0.3 is 5.32 Å². The summed E-state index contributed by atoms with van der Waals surface area (Å²) in [5.41, 5.74) is 2.43. The minimum Gasteiger partial charge on any atom is -0.319 e. The minimum absolute atomic E-state index is 0.985. The molecule has 1 aromatic carbocycles. The Kier molecular flexibility index (Phi) is 3.70. The number of hydrogen-bond acceptors (Lipinski definition) is 3. The fourth-order valence-corrected chi connectivity index (χ4v) is 2.57. The standard InChI is InChI=1S/C13H16N2S/c1-10-12(8-9-14-2)15-13(16-10)11-6-4-3-5-7-11/h3-7,14H,8-9H2,1-2H3. The van der Waals surface area contributed by atoms with Gasteiger partial charge in [-0.2, -0.15) is 0 Å². The van der Waals surface area contributed by atoms with Crippen molar-refractivity contribution in [3.05, 3.63) is 40.9 Å². The van der Waals surface area contributed by atoms with Gasteiger partial charge in [-0.1, -0.05) is 30.3 Å². The van der Waals surface area contributed by atoms with E-state index in [1.165, 1.54) is 16.1 Å². The average molecular weight is 232 g/mol. The van der Waals surface area contributed by atoms with Crippen molar-refractivity contribution in [1.29, 1.82) is 0 Å². The molecule has 2 nitrogen and oxygen atoms in total. The van der Waals surface area contributed by atoms with Crippen molar-refractivity contribution >= 4 is 11.3 Å². The van der Waals surface area contributed by atoms with E-state index in [-0.39, 0.29) is 0 Å². The summed E-state index contributed by atoms with van der Waals surface area (Å²) < 4.78 is 0. The molecule has 0 saturated carbocycles. The summed E-state index contributed by atoms with van der Waals surface area (Å²) in [6.07, 6.45) is 1.01. The lowest BCUT2D eigenvalue weighted by molar-refractivity contribution is 0.777. The van der Waals surface area contributed by atoms with Crippen molar-refractivity contribution in [2.24, 2.45) is 0 Å². The number of hydrogen-bond donors (Lipinski definition) is 1. The number of benzene rings is 1. The fraction of sp³-hybridized carbons (Fsp3) is 0.308. The summed E-state index contributed by atoms with van der Waals surface area (Å²) in [5, 5.41) is 4.29. The first-order chi connectivity index (χ1) is 7.81. The van der Waals surface area contributed by atoms with Gasteiger partial charge in [0.05, 0.1) is 5.69 Å². The molecule has 0 atom stereocenters. The van der Waals surface area contributed by atoms with Crippen molar-refractivity contribution in [3.63, 3.8) is 0 Å². The molecule has 0 spiro atoms. The quantitative estimate of drug-likeness (QED) is 0.876. The second-order valence-electron chi connectivity index (χ2n) is 3.74. The molecule has 2 rings (SSSR count).